The number of fused-ring (bicyclic) bond motifs is 1. The first-order chi connectivity index (χ1) is 13.8. The normalized spacial score (nSPS) is 26.3. The van der Waals surface area contributed by atoms with Crippen LogP contribution in [0.15, 0.2) is 11.0 Å². The molecule has 3 unspecified atom stereocenters. The van der Waals surface area contributed by atoms with Gasteiger partial charge >= 0.3 is 15.2 Å². The molecule has 2 aromatic rings. The highest BCUT2D eigenvalue weighted by Crippen LogP contribution is 2.55. The molecule has 30 heavy (non-hydrogen) atoms. The second kappa shape index (κ2) is 8.16. The molecule has 0 aromatic carbocycles. The summed E-state index contributed by atoms with van der Waals surface area (Å²) < 4.78 is 42.4. The summed E-state index contributed by atoms with van der Waals surface area (Å²) in [7, 11) is -8.16. The Morgan fingerprint density at radius 3 is 2.43 bits per heavy atom. The molecule has 0 saturated carbocycles. The van der Waals surface area contributed by atoms with Crippen molar-refractivity contribution in [1.82, 2.24) is 19.7 Å². The maximum absolute atomic E-state index is 12.4. The van der Waals surface area contributed by atoms with Gasteiger partial charge in [0.15, 0.2) is 18.2 Å². The molecule has 13 nitrogen and oxygen atoms in total. The quantitative estimate of drug-likeness (QED) is 0.434. The molecule has 0 amide bonds. The van der Waals surface area contributed by atoms with Crippen LogP contribution in [0.4, 0.5) is 5.95 Å². The first-order valence-corrected chi connectivity index (χ1v) is 12.5. The predicted molar refractivity (Wildman–Crippen MR) is 107 cm³/mol. The predicted octanol–water partition coefficient (Wildman–Crippen LogP) is 1.54. The number of hydrogen-bond acceptors (Lipinski definition) is 9. The van der Waals surface area contributed by atoms with Crippen molar-refractivity contribution in [1.29, 1.82) is 0 Å². The van der Waals surface area contributed by atoms with Crippen molar-refractivity contribution in [2.45, 2.75) is 64.1 Å². The van der Waals surface area contributed by atoms with Crippen LogP contribution in [-0.2, 0) is 22.9 Å². The fraction of sp³-hybridized carbons (Fsp3) is 0.667. The summed E-state index contributed by atoms with van der Waals surface area (Å²) in [5.41, 5.74) is 3.77. The number of ether oxygens (including phenoxy) is 1. The highest BCUT2D eigenvalue weighted by Gasteiger charge is 2.46. The number of rotatable bonds is 7. The molecule has 5 N–H and O–H groups in total. The molecule has 0 aliphatic carbocycles. The number of anilines is 1. The Labute approximate surface area is 171 Å². The molecular weight excluding hydrogens is 440 g/mol. The van der Waals surface area contributed by atoms with Crippen molar-refractivity contribution >= 4 is 32.2 Å². The van der Waals surface area contributed by atoms with Gasteiger partial charge in [0.1, 0.15) is 11.5 Å². The summed E-state index contributed by atoms with van der Waals surface area (Å²) in [6, 6.07) is 0. The average Bonchev–Trinajstić information content (AvgIpc) is 3.18. The summed E-state index contributed by atoms with van der Waals surface area (Å²) in [6.07, 6.45) is -2.31. The van der Waals surface area contributed by atoms with Gasteiger partial charge in [-0.2, -0.15) is 10.1 Å². The maximum Gasteiger partial charge on any atom is 0.333 e. The fourth-order valence-corrected chi connectivity index (χ4v) is 4.24. The van der Waals surface area contributed by atoms with E-state index in [2.05, 4.69) is 15.1 Å². The summed E-state index contributed by atoms with van der Waals surface area (Å²) in [4.78, 5) is 38.7. The third kappa shape index (κ3) is 4.52. The van der Waals surface area contributed by atoms with Gasteiger partial charge in [0.25, 0.3) is 5.56 Å². The molecular formula is C15H25N5O8P2. The first-order valence-electron chi connectivity index (χ1n) is 9.22. The number of nitrogens with two attached hydrogens (primary N) is 1. The Balaban J connectivity index is 1.96. The lowest BCUT2D eigenvalue weighted by Gasteiger charge is -2.26. The number of nitrogen functional groups attached to an aromatic ring is 1. The van der Waals surface area contributed by atoms with E-state index in [1.807, 2.05) is 0 Å². The van der Waals surface area contributed by atoms with Gasteiger partial charge in [-0.1, -0.05) is 27.7 Å². The highest BCUT2D eigenvalue weighted by atomic mass is 31.2. The number of H-pyrrole nitrogens is 1. The number of nitrogens with one attached hydrogen (secondary N) is 1. The minimum Gasteiger partial charge on any atom is -0.369 e. The van der Waals surface area contributed by atoms with Crippen molar-refractivity contribution in [3.8, 4) is 0 Å². The van der Waals surface area contributed by atoms with Gasteiger partial charge in [-0.15, -0.1) is 0 Å². The van der Waals surface area contributed by atoms with Gasteiger partial charge in [0, 0.05) is 6.42 Å². The Morgan fingerprint density at radius 2 is 1.83 bits per heavy atom. The zero-order valence-electron chi connectivity index (χ0n) is 16.8. The molecule has 1 aliphatic heterocycles. The monoisotopic (exact) mass is 465 g/mol. The summed E-state index contributed by atoms with van der Waals surface area (Å²) in [5, 5.41) is 4.24. The van der Waals surface area contributed by atoms with Crippen molar-refractivity contribution in [2.24, 2.45) is 0 Å². The second-order valence-corrected chi connectivity index (χ2v) is 12.3. The molecule has 0 radical (unpaired) electrons. The standard InChI is InChI=1S/C15H25N5O8P2/c1-7(2)29(22,23)27-10-5-11(26-14(10)28-30(24,25)8(3)4)20-12-9(6-17-20)13(21)19-15(16)18-12/h6-8,10-11,14H,5H2,1-4H3,(H,22,23)(H,24,25)(H3,16,18,19,21)/t10?,11-,14-/m1/s1. The Hall–Kier alpha value is -1.59. The van der Waals surface area contributed by atoms with Crippen LogP contribution in [0.3, 0.4) is 0 Å². The smallest absolute Gasteiger partial charge is 0.333 e. The largest absolute Gasteiger partial charge is 0.369 e. The Kier molecular flexibility index (Phi) is 6.28. The number of aromatic amines is 1. The third-order valence-electron chi connectivity index (χ3n) is 4.63. The molecule has 2 aromatic heterocycles. The van der Waals surface area contributed by atoms with Gasteiger partial charge < -0.3 is 20.3 Å². The van der Waals surface area contributed by atoms with Crippen molar-refractivity contribution in [3.05, 3.63) is 16.6 Å². The lowest BCUT2D eigenvalue weighted by molar-refractivity contribution is -0.127. The van der Waals surface area contributed by atoms with Gasteiger partial charge in [0.05, 0.1) is 17.5 Å². The van der Waals surface area contributed by atoms with Gasteiger partial charge in [-0.05, 0) is 0 Å². The van der Waals surface area contributed by atoms with Crippen LogP contribution in [0.5, 0.6) is 0 Å². The SMILES string of the molecule is CC(C)P(=O)(O)OC1C[C@H](n2ncc3c(=O)[nH]c(N)nc32)O[C@@H]1OP(=O)(O)C(C)C. The van der Waals surface area contributed by atoms with Crippen LogP contribution in [0, 0.1) is 0 Å². The van der Waals surface area contributed by atoms with Crippen LogP contribution in [0.2, 0.25) is 0 Å². The maximum atomic E-state index is 12.4. The summed E-state index contributed by atoms with van der Waals surface area (Å²) >= 11 is 0. The molecule has 15 heteroatoms. The Morgan fingerprint density at radius 1 is 1.23 bits per heavy atom. The van der Waals surface area contributed by atoms with Gasteiger partial charge in [0.2, 0.25) is 5.95 Å². The van der Waals surface area contributed by atoms with E-state index in [0.29, 0.717) is 0 Å². The van der Waals surface area contributed by atoms with Crippen LogP contribution < -0.4 is 11.3 Å². The molecule has 1 fully saturated rings. The van der Waals surface area contributed by atoms with Crippen molar-refractivity contribution < 1.29 is 32.7 Å². The molecule has 1 aliphatic rings. The lowest BCUT2D eigenvalue weighted by atomic mass is 10.3. The minimum absolute atomic E-state index is 0.0504. The third-order valence-corrected chi connectivity index (χ3v) is 8.32. The molecule has 3 heterocycles. The van der Waals surface area contributed by atoms with Crippen molar-refractivity contribution in [3.63, 3.8) is 0 Å². The van der Waals surface area contributed by atoms with Crippen LogP contribution in [0.1, 0.15) is 40.3 Å². The van der Waals surface area contributed by atoms with Crippen LogP contribution >= 0.6 is 15.2 Å². The summed E-state index contributed by atoms with van der Waals surface area (Å²) in [6.45, 7) is 6.01. The molecule has 0 bridgehead atoms. The molecule has 0 spiro atoms. The van der Waals surface area contributed by atoms with Gasteiger partial charge in [-0.3, -0.25) is 28.0 Å². The van der Waals surface area contributed by atoms with E-state index in [4.69, 9.17) is 19.5 Å². The number of aromatic nitrogens is 4. The zero-order chi connectivity index (χ0) is 22.4. The molecule has 3 rings (SSSR count). The van der Waals surface area contributed by atoms with Crippen LogP contribution in [0.25, 0.3) is 11.0 Å². The molecule has 1 saturated heterocycles. The van der Waals surface area contributed by atoms with Crippen LogP contribution in [-0.4, -0.2) is 53.2 Å². The van der Waals surface area contributed by atoms with E-state index in [0.717, 1.165) is 0 Å². The minimum atomic E-state index is -4.10. The van der Waals surface area contributed by atoms with E-state index < -0.39 is 50.7 Å². The van der Waals surface area contributed by atoms with E-state index in [1.54, 1.807) is 0 Å². The van der Waals surface area contributed by atoms with E-state index in [-0.39, 0.29) is 23.4 Å². The highest BCUT2D eigenvalue weighted by molar-refractivity contribution is 7.53. The lowest BCUT2D eigenvalue weighted by Crippen LogP contribution is -2.27. The zero-order valence-corrected chi connectivity index (χ0v) is 18.6. The number of nitrogens with zero attached hydrogens (tertiary/aromatic N) is 3. The first kappa shape index (κ1) is 23.1. The van der Waals surface area contributed by atoms with Crippen molar-refractivity contribution in [2.75, 3.05) is 5.73 Å². The van der Waals surface area contributed by atoms with Gasteiger partial charge in [-0.25, -0.2) is 4.68 Å². The van der Waals surface area contributed by atoms with E-state index in [1.165, 1.54) is 38.6 Å². The molecule has 168 valence electrons. The van der Waals surface area contributed by atoms with E-state index in [9.17, 15) is 23.7 Å². The fourth-order valence-electron chi connectivity index (χ4n) is 2.70. The number of hydrogen-bond donors (Lipinski definition) is 4. The molecule has 5 atom stereocenters. The van der Waals surface area contributed by atoms with E-state index >= 15 is 0 Å². The summed E-state index contributed by atoms with van der Waals surface area (Å²) in [5.74, 6) is -0.132. The topological polar surface area (TPSA) is 192 Å². The second-order valence-electron chi connectivity index (χ2n) is 7.54. The Bertz CT molecular complexity index is 1040. The average molecular weight is 465 g/mol.